The Morgan fingerprint density at radius 3 is 2.39 bits per heavy atom. The van der Waals surface area contributed by atoms with Gasteiger partial charge in [-0.3, -0.25) is 14.5 Å². The summed E-state index contributed by atoms with van der Waals surface area (Å²) >= 11 is 5.96. The van der Waals surface area contributed by atoms with Gasteiger partial charge >= 0.3 is 0 Å². The van der Waals surface area contributed by atoms with Crippen LogP contribution in [-0.4, -0.2) is 23.5 Å². The fourth-order valence-electron chi connectivity index (χ4n) is 3.60. The molecule has 0 radical (unpaired) electrons. The number of rotatable bonds is 5. The fraction of sp³-hybridized carbons (Fsp3) is 0.0833. The molecule has 154 valence electrons. The highest BCUT2D eigenvalue weighted by Crippen LogP contribution is 2.36. The second-order valence-corrected chi connectivity index (χ2v) is 7.57. The van der Waals surface area contributed by atoms with Gasteiger partial charge in [-0.2, -0.15) is 0 Å². The highest BCUT2D eigenvalue weighted by molar-refractivity contribution is 6.36. The smallest absolute Gasteiger partial charge is 0.278 e. The van der Waals surface area contributed by atoms with Gasteiger partial charge in [-0.25, -0.2) is 0 Å². The number of benzene rings is 3. The van der Waals surface area contributed by atoms with Gasteiger partial charge in [0.1, 0.15) is 5.70 Å². The van der Waals surface area contributed by atoms with Crippen LogP contribution < -0.4 is 14.8 Å². The third kappa shape index (κ3) is 3.62. The Bertz CT molecular complexity index is 1210. The van der Waals surface area contributed by atoms with Crippen molar-refractivity contribution < 1.29 is 19.1 Å². The van der Waals surface area contributed by atoms with E-state index in [9.17, 15) is 9.59 Å². The lowest BCUT2D eigenvalue weighted by atomic mass is 10.0. The van der Waals surface area contributed by atoms with Gasteiger partial charge in [0.25, 0.3) is 11.8 Å². The van der Waals surface area contributed by atoms with E-state index in [0.29, 0.717) is 33.3 Å². The van der Waals surface area contributed by atoms with E-state index in [1.54, 1.807) is 42.5 Å². The zero-order valence-electron chi connectivity index (χ0n) is 16.3. The lowest BCUT2D eigenvalue weighted by Gasteiger charge is -2.15. The molecule has 0 fully saturated rings. The summed E-state index contributed by atoms with van der Waals surface area (Å²) in [5, 5.41) is 3.73. The summed E-state index contributed by atoms with van der Waals surface area (Å²) in [5.41, 5.74) is 2.66. The van der Waals surface area contributed by atoms with Crippen molar-refractivity contribution in [2.24, 2.45) is 0 Å². The lowest BCUT2D eigenvalue weighted by molar-refractivity contribution is -0.137. The van der Waals surface area contributed by atoms with E-state index in [2.05, 4.69) is 5.32 Å². The molecule has 2 amide bonds. The third-order valence-electron chi connectivity index (χ3n) is 5.13. The number of hydrogen-bond acceptors (Lipinski definition) is 5. The minimum absolute atomic E-state index is 0.150. The second kappa shape index (κ2) is 7.81. The van der Waals surface area contributed by atoms with Crippen molar-refractivity contribution in [3.8, 4) is 11.5 Å². The molecule has 0 bridgehead atoms. The predicted molar refractivity (Wildman–Crippen MR) is 117 cm³/mol. The maximum Gasteiger partial charge on any atom is 0.278 e. The number of ether oxygens (including phenoxy) is 2. The maximum atomic E-state index is 13.3. The summed E-state index contributed by atoms with van der Waals surface area (Å²) in [6.45, 7) is 0.306. The molecular weight excluding hydrogens is 416 g/mol. The number of nitrogens with one attached hydrogen (secondary N) is 1. The molecule has 31 heavy (non-hydrogen) atoms. The molecule has 6 nitrogen and oxygen atoms in total. The molecule has 0 atom stereocenters. The SMILES string of the molecule is O=C1C(Nc2ccc3c(c2)OCO3)=C(c2ccccc2)C(=O)N1Cc1ccc(Cl)cc1. The monoisotopic (exact) mass is 432 g/mol. The molecule has 0 aliphatic carbocycles. The Morgan fingerprint density at radius 2 is 1.61 bits per heavy atom. The first kappa shape index (κ1) is 19.2. The van der Waals surface area contributed by atoms with Gasteiger partial charge in [-0.15, -0.1) is 0 Å². The van der Waals surface area contributed by atoms with Crippen LogP contribution in [0.15, 0.2) is 78.5 Å². The summed E-state index contributed by atoms with van der Waals surface area (Å²) in [7, 11) is 0. The van der Waals surface area contributed by atoms with Crippen LogP contribution in [0.4, 0.5) is 5.69 Å². The van der Waals surface area contributed by atoms with Gasteiger partial charge in [-0.05, 0) is 35.4 Å². The normalized spacial score (nSPS) is 15.1. The number of carbonyl (C=O) groups excluding carboxylic acids is 2. The van der Waals surface area contributed by atoms with Gasteiger partial charge < -0.3 is 14.8 Å². The van der Waals surface area contributed by atoms with E-state index in [4.69, 9.17) is 21.1 Å². The zero-order chi connectivity index (χ0) is 21.4. The van der Waals surface area contributed by atoms with Crippen molar-refractivity contribution in [2.45, 2.75) is 6.54 Å². The van der Waals surface area contributed by atoms with Crippen molar-refractivity contribution in [2.75, 3.05) is 12.1 Å². The van der Waals surface area contributed by atoms with Crippen molar-refractivity contribution >= 4 is 34.7 Å². The first-order chi connectivity index (χ1) is 15.1. The molecule has 3 aromatic carbocycles. The van der Waals surface area contributed by atoms with Crippen LogP contribution in [-0.2, 0) is 16.1 Å². The van der Waals surface area contributed by atoms with Crippen LogP contribution in [0.5, 0.6) is 11.5 Å². The number of imide groups is 1. The Kier molecular flexibility index (Phi) is 4.84. The van der Waals surface area contributed by atoms with Crippen LogP contribution in [0.1, 0.15) is 11.1 Å². The van der Waals surface area contributed by atoms with E-state index in [1.165, 1.54) is 4.90 Å². The van der Waals surface area contributed by atoms with Crippen LogP contribution in [0.25, 0.3) is 5.57 Å². The number of anilines is 1. The van der Waals surface area contributed by atoms with Crippen molar-refractivity contribution in [1.29, 1.82) is 0 Å². The molecule has 7 heteroatoms. The van der Waals surface area contributed by atoms with Crippen LogP contribution in [0.3, 0.4) is 0 Å². The number of fused-ring (bicyclic) bond motifs is 1. The Labute approximate surface area is 183 Å². The topological polar surface area (TPSA) is 67.9 Å². The van der Waals surface area contributed by atoms with E-state index >= 15 is 0 Å². The molecule has 2 aliphatic heterocycles. The molecule has 0 aromatic heterocycles. The maximum absolute atomic E-state index is 13.3. The molecule has 0 saturated carbocycles. The van der Waals surface area contributed by atoms with Gasteiger partial charge in [-0.1, -0.05) is 54.1 Å². The molecule has 3 aromatic rings. The Hall–Kier alpha value is -3.77. The standard InChI is InChI=1S/C24H17ClN2O4/c25-17-8-6-15(7-9-17)13-27-23(28)21(16-4-2-1-3-5-16)22(24(27)29)26-18-10-11-19-20(12-18)31-14-30-19/h1-12,26H,13-14H2. The molecule has 2 aliphatic rings. The first-order valence-corrected chi connectivity index (χ1v) is 10.0. The third-order valence-corrected chi connectivity index (χ3v) is 5.38. The van der Waals surface area contributed by atoms with Gasteiger partial charge in [0.15, 0.2) is 11.5 Å². The quantitative estimate of drug-likeness (QED) is 0.603. The summed E-state index contributed by atoms with van der Waals surface area (Å²) < 4.78 is 10.8. The highest BCUT2D eigenvalue weighted by atomic mass is 35.5. The molecule has 0 spiro atoms. The van der Waals surface area contributed by atoms with E-state index in [1.807, 2.05) is 30.3 Å². The van der Waals surface area contributed by atoms with Crippen LogP contribution >= 0.6 is 11.6 Å². The molecule has 2 heterocycles. The van der Waals surface area contributed by atoms with Crippen molar-refractivity contribution in [3.05, 3.63) is 94.6 Å². The fourth-order valence-corrected chi connectivity index (χ4v) is 3.73. The summed E-state index contributed by atoms with van der Waals surface area (Å²) in [6, 6.07) is 21.5. The van der Waals surface area contributed by atoms with Gasteiger partial charge in [0.2, 0.25) is 6.79 Å². The average Bonchev–Trinajstić information content (AvgIpc) is 3.34. The van der Waals surface area contributed by atoms with Gasteiger partial charge in [0, 0.05) is 16.8 Å². The first-order valence-electron chi connectivity index (χ1n) is 9.67. The minimum Gasteiger partial charge on any atom is -0.454 e. The largest absolute Gasteiger partial charge is 0.454 e. The van der Waals surface area contributed by atoms with Crippen LogP contribution in [0.2, 0.25) is 5.02 Å². The van der Waals surface area contributed by atoms with Crippen molar-refractivity contribution in [3.63, 3.8) is 0 Å². The molecule has 0 saturated heterocycles. The number of nitrogens with zero attached hydrogens (tertiary/aromatic N) is 1. The van der Waals surface area contributed by atoms with Crippen LogP contribution in [0, 0.1) is 0 Å². The molecular formula is C24H17ClN2O4. The molecule has 0 unspecified atom stereocenters. The summed E-state index contributed by atoms with van der Waals surface area (Å²) in [5.74, 6) is 0.480. The Balaban J connectivity index is 1.51. The lowest BCUT2D eigenvalue weighted by Crippen LogP contribution is -2.32. The average molecular weight is 433 g/mol. The number of carbonyl (C=O) groups is 2. The Morgan fingerprint density at radius 1 is 0.871 bits per heavy atom. The number of amides is 2. The molecule has 1 N–H and O–H groups in total. The van der Waals surface area contributed by atoms with E-state index in [-0.39, 0.29) is 24.9 Å². The summed E-state index contributed by atoms with van der Waals surface area (Å²) in [6.07, 6.45) is 0. The molecule has 5 rings (SSSR count). The highest BCUT2D eigenvalue weighted by Gasteiger charge is 2.39. The number of hydrogen-bond donors (Lipinski definition) is 1. The van der Waals surface area contributed by atoms with Gasteiger partial charge in [0.05, 0.1) is 12.1 Å². The van der Waals surface area contributed by atoms with E-state index < -0.39 is 5.91 Å². The summed E-state index contributed by atoms with van der Waals surface area (Å²) in [4.78, 5) is 27.9. The zero-order valence-corrected chi connectivity index (χ0v) is 17.1. The van der Waals surface area contributed by atoms with Crippen molar-refractivity contribution in [1.82, 2.24) is 4.90 Å². The minimum atomic E-state index is -0.392. The predicted octanol–water partition coefficient (Wildman–Crippen LogP) is 4.46. The second-order valence-electron chi connectivity index (χ2n) is 7.13. The van der Waals surface area contributed by atoms with E-state index in [0.717, 1.165) is 5.56 Å². The number of halogens is 1.